The lowest BCUT2D eigenvalue weighted by molar-refractivity contribution is 0.100. The number of aromatic nitrogens is 4. The number of carbonyl (C=O) groups excluding carboxylic acids is 1. The van der Waals surface area contributed by atoms with E-state index in [1.807, 2.05) is 13.1 Å². The Morgan fingerprint density at radius 3 is 2.90 bits per heavy atom. The van der Waals surface area contributed by atoms with E-state index in [-0.39, 0.29) is 10.7 Å². The summed E-state index contributed by atoms with van der Waals surface area (Å²) in [5.41, 5.74) is 5.53. The van der Waals surface area contributed by atoms with Gasteiger partial charge in [0.05, 0.1) is 5.56 Å². The predicted octanol–water partition coefficient (Wildman–Crippen LogP) is 1.63. The summed E-state index contributed by atoms with van der Waals surface area (Å²) in [6.45, 7) is 3.55. The smallest absolute Gasteiger partial charge is 0.252 e. The molecule has 21 heavy (non-hydrogen) atoms. The van der Waals surface area contributed by atoms with E-state index in [1.165, 1.54) is 6.07 Å². The second-order valence-corrected chi connectivity index (χ2v) is 4.98. The van der Waals surface area contributed by atoms with Crippen LogP contribution in [0.4, 0.5) is 5.82 Å². The molecule has 0 aliphatic carbocycles. The maximum absolute atomic E-state index is 11.3. The quantitative estimate of drug-likeness (QED) is 0.757. The molecule has 0 saturated heterocycles. The summed E-state index contributed by atoms with van der Waals surface area (Å²) >= 11 is 5.70. The van der Waals surface area contributed by atoms with Crippen molar-refractivity contribution >= 4 is 23.3 Å². The summed E-state index contributed by atoms with van der Waals surface area (Å²) in [5, 5.41) is 10.8. The first kappa shape index (κ1) is 15.2. The molecule has 112 valence electrons. The number of hydrogen-bond donors (Lipinski definition) is 2. The molecule has 2 aromatic rings. The van der Waals surface area contributed by atoms with Crippen LogP contribution in [-0.2, 0) is 6.54 Å². The summed E-state index contributed by atoms with van der Waals surface area (Å²) in [4.78, 5) is 15.5. The number of nitrogens with two attached hydrogens (primary N) is 1. The normalized spacial score (nSPS) is 10.6. The number of imidazole rings is 1. The Morgan fingerprint density at radius 2 is 2.24 bits per heavy atom. The number of nitrogens with one attached hydrogen (secondary N) is 1. The maximum Gasteiger partial charge on any atom is 0.252 e. The van der Waals surface area contributed by atoms with Gasteiger partial charge in [0.25, 0.3) is 5.91 Å². The number of anilines is 1. The van der Waals surface area contributed by atoms with Gasteiger partial charge in [-0.25, -0.2) is 4.98 Å². The molecule has 0 aliphatic heterocycles. The minimum atomic E-state index is -0.580. The Balaban J connectivity index is 1.81. The Bertz CT molecular complexity index is 627. The van der Waals surface area contributed by atoms with E-state index < -0.39 is 5.91 Å². The molecule has 8 heteroatoms. The van der Waals surface area contributed by atoms with Crippen molar-refractivity contribution in [3.05, 3.63) is 35.0 Å². The largest absolute Gasteiger partial charge is 0.368 e. The summed E-state index contributed by atoms with van der Waals surface area (Å²) in [7, 11) is 0. The predicted molar refractivity (Wildman–Crippen MR) is 80.2 cm³/mol. The van der Waals surface area contributed by atoms with E-state index in [2.05, 4.69) is 25.1 Å². The number of amides is 1. The van der Waals surface area contributed by atoms with Crippen LogP contribution < -0.4 is 11.1 Å². The lowest BCUT2D eigenvalue weighted by atomic mass is 10.2. The zero-order valence-corrected chi connectivity index (χ0v) is 12.5. The average Bonchev–Trinajstić information content (AvgIpc) is 2.85. The van der Waals surface area contributed by atoms with Gasteiger partial charge in [-0.2, -0.15) is 0 Å². The molecule has 0 atom stereocenters. The van der Waals surface area contributed by atoms with Crippen molar-refractivity contribution in [3.8, 4) is 0 Å². The molecule has 7 nitrogen and oxygen atoms in total. The SMILES string of the molecule is Cc1nccn1CCCCNc1nnc(Cl)cc1C(N)=O. The fourth-order valence-electron chi connectivity index (χ4n) is 1.94. The van der Waals surface area contributed by atoms with E-state index in [4.69, 9.17) is 17.3 Å². The Morgan fingerprint density at radius 1 is 1.43 bits per heavy atom. The van der Waals surface area contributed by atoms with Crippen molar-refractivity contribution in [1.82, 2.24) is 19.7 Å². The van der Waals surface area contributed by atoms with Gasteiger partial charge >= 0.3 is 0 Å². The molecule has 0 aromatic carbocycles. The Hall–Kier alpha value is -2.15. The number of nitrogens with zero attached hydrogens (tertiary/aromatic N) is 4. The zero-order valence-electron chi connectivity index (χ0n) is 11.7. The van der Waals surface area contributed by atoms with Crippen LogP contribution >= 0.6 is 11.6 Å². The average molecular weight is 309 g/mol. The highest BCUT2D eigenvalue weighted by Crippen LogP contribution is 2.14. The number of aryl methyl sites for hydroxylation is 2. The Kier molecular flexibility index (Phi) is 5.10. The van der Waals surface area contributed by atoms with Gasteiger partial charge in [-0.15, -0.1) is 10.2 Å². The van der Waals surface area contributed by atoms with E-state index in [1.54, 1.807) is 6.20 Å². The first-order chi connectivity index (χ1) is 10.1. The van der Waals surface area contributed by atoms with Crippen LogP contribution in [0.2, 0.25) is 5.15 Å². The van der Waals surface area contributed by atoms with Crippen molar-refractivity contribution in [2.75, 3.05) is 11.9 Å². The third-order valence-electron chi connectivity index (χ3n) is 3.07. The molecule has 0 unspecified atom stereocenters. The summed E-state index contributed by atoms with van der Waals surface area (Å²) in [6, 6.07) is 1.41. The third-order valence-corrected chi connectivity index (χ3v) is 3.26. The summed E-state index contributed by atoms with van der Waals surface area (Å²) in [6.07, 6.45) is 5.64. The van der Waals surface area contributed by atoms with Gasteiger partial charge < -0.3 is 15.6 Å². The third kappa shape index (κ3) is 4.16. The van der Waals surface area contributed by atoms with Crippen LogP contribution in [0.5, 0.6) is 0 Å². The molecular formula is C13H17ClN6O. The molecule has 2 heterocycles. The number of halogens is 1. The second-order valence-electron chi connectivity index (χ2n) is 4.60. The molecular weight excluding hydrogens is 292 g/mol. The molecule has 3 N–H and O–H groups in total. The maximum atomic E-state index is 11.3. The zero-order chi connectivity index (χ0) is 15.2. The highest BCUT2D eigenvalue weighted by molar-refractivity contribution is 6.29. The van der Waals surface area contributed by atoms with Gasteiger partial charge in [-0.3, -0.25) is 4.79 Å². The lowest BCUT2D eigenvalue weighted by Gasteiger charge is -2.09. The minimum Gasteiger partial charge on any atom is -0.368 e. The molecule has 2 rings (SSSR count). The van der Waals surface area contributed by atoms with E-state index in [0.29, 0.717) is 12.4 Å². The molecule has 1 amide bonds. The lowest BCUT2D eigenvalue weighted by Crippen LogP contribution is -2.17. The first-order valence-electron chi connectivity index (χ1n) is 6.62. The standard InChI is InChI=1S/C13H17ClN6O/c1-9-16-5-7-20(9)6-3-2-4-17-13-10(12(15)21)8-11(14)18-19-13/h5,7-8H,2-4,6H2,1H3,(H2,15,21)(H,17,19). The van der Waals surface area contributed by atoms with Crippen molar-refractivity contribution in [2.24, 2.45) is 5.73 Å². The van der Waals surface area contributed by atoms with Gasteiger partial charge in [0.1, 0.15) is 5.82 Å². The number of unbranched alkanes of at least 4 members (excludes halogenated alkanes) is 1. The number of carbonyl (C=O) groups is 1. The highest BCUT2D eigenvalue weighted by Gasteiger charge is 2.11. The van der Waals surface area contributed by atoms with Crippen molar-refractivity contribution in [1.29, 1.82) is 0 Å². The van der Waals surface area contributed by atoms with Crippen LogP contribution in [0.1, 0.15) is 29.0 Å². The fourth-order valence-corrected chi connectivity index (χ4v) is 2.09. The Labute approximate surface area is 127 Å². The van der Waals surface area contributed by atoms with Crippen molar-refractivity contribution in [3.63, 3.8) is 0 Å². The van der Waals surface area contributed by atoms with Gasteiger partial charge in [-0.1, -0.05) is 11.6 Å². The van der Waals surface area contributed by atoms with Gasteiger partial charge in [0.15, 0.2) is 11.0 Å². The minimum absolute atomic E-state index is 0.143. The van der Waals surface area contributed by atoms with Gasteiger partial charge in [0.2, 0.25) is 0 Å². The van der Waals surface area contributed by atoms with Crippen LogP contribution in [0.25, 0.3) is 0 Å². The summed E-state index contributed by atoms with van der Waals surface area (Å²) < 4.78 is 2.09. The van der Waals surface area contributed by atoms with E-state index >= 15 is 0 Å². The molecule has 0 saturated carbocycles. The fraction of sp³-hybridized carbons (Fsp3) is 0.385. The second kappa shape index (κ2) is 7.03. The topological polar surface area (TPSA) is 98.7 Å². The first-order valence-corrected chi connectivity index (χ1v) is 7.00. The van der Waals surface area contributed by atoms with Crippen LogP contribution in [0.15, 0.2) is 18.5 Å². The van der Waals surface area contributed by atoms with Gasteiger partial charge in [-0.05, 0) is 25.8 Å². The highest BCUT2D eigenvalue weighted by atomic mass is 35.5. The van der Waals surface area contributed by atoms with Crippen LogP contribution in [0, 0.1) is 6.92 Å². The molecule has 0 bridgehead atoms. The number of rotatable bonds is 7. The molecule has 0 fully saturated rings. The number of primary amides is 1. The van der Waals surface area contributed by atoms with Crippen molar-refractivity contribution in [2.45, 2.75) is 26.3 Å². The van der Waals surface area contributed by atoms with Crippen LogP contribution in [0.3, 0.4) is 0 Å². The monoisotopic (exact) mass is 308 g/mol. The van der Waals surface area contributed by atoms with Crippen LogP contribution in [-0.4, -0.2) is 32.2 Å². The van der Waals surface area contributed by atoms with Crippen molar-refractivity contribution < 1.29 is 4.79 Å². The number of hydrogen-bond acceptors (Lipinski definition) is 5. The van der Waals surface area contributed by atoms with E-state index in [9.17, 15) is 4.79 Å². The summed E-state index contributed by atoms with van der Waals surface area (Å²) in [5.74, 6) is 0.789. The van der Waals surface area contributed by atoms with E-state index in [0.717, 1.165) is 25.2 Å². The molecule has 0 radical (unpaired) electrons. The molecule has 0 aliphatic rings. The van der Waals surface area contributed by atoms with Gasteiger partial charge in [0, 0.05) is 25.5 Å². The molecule has 2 aromatic heterocycles. The molecule has 0 spiro atoms.